The second kappa shape index (κ2) is 8.30. The van der Waals surface area contributed by atoms with Crippen molar-refractivity contribution in [3.63, 3.8) is 0 Å². The smallest absolute Gasteiger partial charge is 0.303 e. The van der Waals surface area contributed by atoms with E-state index in [1.165, 1.54) is 12.0 Å². The maximum absolute atomic E-state index is 10.7. The van der Waals surface area contributed by atoms with Crippen LogP contribution >= 0.6 is 0 Å². The summed E-state index contributed by atoms with van der Waals surface area (Å²) in [5.74, 6) is -0.693. The third-order valence-corrected chi connectivity index (χ3v) is 4.78. The molecule has 0 unspecified atom stereocenters. The fourth-order valence-electron chi connectivity index (χ4n) is 3.39. The van der Waals surface area contributed by atoms with Gasteiger partial charge in [-0.05, 0) is 38.4 Å². The minimum Gasteiger partial charge on any atom is -0.481 e. The van der Waals surface area contributed by atoms with Crippen molar-refractivity contribution in [3.8, 4) is 0 Å². The summed E-state index contributed by atoms with van der Waals surface area (Å²) in [6, 6.07) is 11.7. The highest BCUT2D eigenvalue weighted by atomic mass is 16.4. The van der Waals surface area contributed by atoms with E-state index >= 15 is 0 Å². The summed E-state index contributed by atoms with van der Waals surface area (Å²) in [6.45, 7) is 8.54. The Morgan fingerprint density at radius 1 is 1.41 bits per heavy atom. The topological polar surface area (TPSA) is 43.8 Å². The average Bonchev–Trinajstić information content (AvgIpc) is 3.01. The zero-order valence-corrected chi connectivity index (χ0v) is 13.7. The minimum absolute atomic E-state index is 0.271. The summed E-state index contributed by atoms with van der Waals surface area (Å²) in [5, 5.41) is 8.78. The molecule has 1 aromatic rings. The van der Waals surface area contributed by atoms with Crippen LogP contribution in [0.5, 0.6) is 0 Å². The van der Waals surface area contributed by atoms with Crippen LogP contribution in [0, 0.1) is 0 Å². The predicted molar refractivity (Wildman–Crippen MR) is 89.0 cm³/mol. The Morgan fingerprint density at radius 2 is 2.14 bits per heavy atom. The number of carboxylic acids is 1. The van der Waals surface area contributed by atoms with Crippen molar-refractivity contribution in [3.05, 3.63) is 35.9 Å². The molecule has 22 heavy (non-hydrogen) atoms. The van der Waals surface area contributed by atoms with E-state index in [9.17, 15) is 4.79 Å². The van der Waals surface area contributed by atoms with E-state index in [1.807, 2.05) is 0 Å². The van der Waals surface area contributed by atoms with Crippen LogP contribution < -0.4 is 0 Å². The molecule has 1 heterocycles. The van der Waals surface area contributed by atoms with E-state index in [0.29, 0.717) is 12.1 Å². The van der Waals surface area contributed by atoms with Crippen molar-refractivity contribution in [2.75, 3.05) is 26.2 Å². The number of likely N-dealkylation sites (tertiary alicyclic amines) is 1. The zero-order valence-electron chi connectivity index (χ0n) is 13.7. The van der Waals surface area contributed by atoms with Crippen molar-refractivity contribution in [1.29, 1.82) is 0 Å². The molecule has 0 amide bonds. The highest BCUT2D eigenvalue weighted by Gasteiger charge is 2.29. The fraction of sp³-hybridized carbons (Fsp3) is 0.611. The fourth-order valence-corrected chi connectivity index (χ4v) is 3.39. The van der Waals surface area contributed by atoms with Gasteiger partial charge in [0.25, 0.3) is 0 Å². The number of carbonyl (C=O) groups is 1. The van der Waals surface area contributed by atoms with E-state index in [-0.39, 0.29) is 6.42 Å². The van der Waals surface area contributed by atoms with Gasteiger partial charge in [-0.1, -0.05) is 37.3 Å². The van der Waals surface area contributed by atoms with Crippen LogP contribution in [0.3, 0.4) is 0 Å². The van der Waals surface area contributed by atoms with Gasteiger partial charge >= 0.3 is 5.97 Å². The Bertz CT molecular complexity index is 463. The van der Waals surface area contributed by atoms with Gasteiger partial charge in [0.05, 0.1) is 0 Å². The molecule has 1 saturated heterocycles. The van der Waals surface area contributed by atoms with Crippen LogP contribution in [0.2, 0.25) is 0 Å². The van der Waals surface area contributed by atoms with Crippen LogP contribution in [0.1, 0.15) is 44.7 Å². The van der Waals surface area contributed by atoms with Gasteiger partial charge in [0.2, 0.25) is 0 Å². The van der Waals surface area contributed by atoms with Gasteiger partial charge in [-0.25, -0.2) is 0 Å². The van der Waals surface area contributed by atoms with E-state index in [1.54, 1.807) is 0 Å². The van der Waals surface area contributed by atoms with Crippen LogP contribution in [0.25, 0.3) is 0 Å². The Hall–Kier alpha value is -1.39. The molecule has 4 nitrogen and oxygen atoms in total. The first-order valence-electron chi connectivity index (χ1n) is 8.36. The molecule has 1 fully saturated rings. The van der Waals surface area contributed by atoms with Crippen molar-refractivity contribution in [2.45, 2.75) is 45.2 Å². The van der Waals surface area contributed by atoms with Crippen LogP contribution in [-0.2, 0) is 4.79 Å². The molecular formula is C18H28N2O2. The van der Waals surface area contributed by atoms with E-state index in [4.69, 9.17) is 5.11 Å². The van der Waals surface area contributed by atoms with Crippen molar-refractivity contribution in [1.82, 2.24) is 9.80 Å². The molecule has 4 heteroatoms. The molecule has 122 valence electrons. The normalized spacial score (nSPS) is 20.4. The molecule has 0 saturated carbocycles. The molecule has 0 aliphatic carbocycles. The summed E-state index contributed by atoms with van der Waals surface area (Å²) in [7, 11) is 0. The van der Waals surface area contributed by atoms with E-state index < -0.39 is 5.97 Å². The molecule has 1 aliphatic heterocycles. The van der Waals surface area contributed by atoms with Gasteiger partial charge in [-0.3, -0.25) is 14.6 Å². The molecule has 2 atom stereocenters. The van der Waals surface area contributed by atoms with Gasteiger partial charge in [0.15, 0.2) is 0 Å². The van der Waals surface area contributed by atoms with Gasteiger partial charge in [-0.15, -0.1) is 0 Å². The van der Waals surface area contributed by atoms with Gasteiger partial charge in [0.1, 0.15) is 0 Å². The van der Waals surface area contributed by atoms with Crippen LogP contribution in [-0.4, -0.2) is 53.1 Å². The van der Waals surface area contributed by atoms with Crippen molar-refractivity contribution >= 4 is 5.97 Å². The van der Waals surface area contributed by atoms with Crippen LogP contribution in [0.15, 0.2) is 30.3 Å². The first kappa shape index (κ1) is 17.0. The summed E-state index contributed by atoms with van der Waals surface area (Å²) >= 11 is 0. The maximum atomic E-state index is 10.7. The van der Waals surface area contributed by atoms with Gasteiger partial charge in [-0.2, -0.15) is 0 Å². The second-order valence-electron chi connectivity index (χ2n) is 6.15. The third kappa shape index (κ3) is 4.55. The van der Waals surface area contributed by atoms with Crippen molar-refractivity contribution < 1.29 is 9.90 Å². The number of aliphatic carboxylic acids is 1. The lowest BCUT2D eigenvalue weighted by Crippen LogP contribution is -2.38. The molecule has 0 bridgehead atoms. The number of nitrogens with zero attached hydrogens (tertiary/aromatic N) is 2. The highest BCUT2D eigenvalue weighted by molar-refractivity contribution is 5.66. The Kier molecular flexibility index (Phi) is 6.40. The molecule has 2 rings (SSSR count). The lowest BCUT2D eigenvalue weighted by atomic mass is 10.1. The molecule has 1 aliphatic rings. The second-order valence-corrected chi connectivity index (χ2v) is 6.15. The molecular weight excluding hydrogens is 276 g/mol. The Morgan fingerprint density at radius 3 is 2.77 bits per heavy atom. The van der Waals surface area contributed by atoms with E-state index in [0.717, 1.165) is 32.6 Å². The first-order valence-corrected chi connectivity index (χ1v) is 8.36. The van der Waals surface area contributed by atoms with E-state index in [2.05, 4.69) is 54.0 Å². The Balaban J connectivity index is 1.86. The molecule has 1 N–H and O–H groups in total. The number of likely N-dealkylation sites (N-methyl/N-ethyl adjacent to an activating group) is 1. The lowest BCUT2D eigenvalue weighted by molar-refractivity contribution is -0.137. The van der Waals surface area contributed by atoms with Crippen molar-refractivity contribution in [2.24, 2.45) is 0 Å². The predicted octanol–water partition coefficient (Wildman–Crippen LogP) is 3.01. The highest BCUT2D eigenvalue weighted by Crippen LogP contribution is 2.26. The summed E-state index contributed by atoms with van der Waals surface area (Å²) < 4.78 is 0. The number of carboxylic acid groups (broad SMARTS) is 1. The lowest BCUT2D eigenvalue weighted by Gasteiger charge is -2.29. The minimum atomic E-state index is -0.693. The van der Waals surface area contributed by atoms with Gasteiger partial charge < -0.3 is 5.11 Å². The monoisotopic (exact) mass is 304 g/mol. The SMILES string of the molecule is CCN(CCCC(=O)O)[C@@H]1CCN([C@@H](C)c2ccccc2)C1. The molecule has 0 radical (unpaired) electrons. The summed E-state index contributed by atoms with van der Waals surface area (Å²) in [5.41, 5.74) is 1.37. The first-order chi connectivity index (χ1) is 10.6. The third-order valence-electron chi connectivity index (χ3n) is 4.78. The molecule has 1 aromatic carbocycles. The van der Waals surface area contributed by atoms with Gasteiger partial charge in [0, 0.05) is 31.6 Å². The maximum Gasteiger partial charge on any atom is 0.303 e. The summed E-state index contributed by atoms with van der Waals surface area (Å²) in [6.07, 6.45) is 2.19. The number of benzene rings is 1. The zero-order chi connectivity index (χ0) is 15.9. The number of rotatable bonds is 8. The number of hydrogen-bond donors (Lipinski definition) is 1. The quantitative estimate of drug-likeness (QED) is 0.802. The summed E-state index contributed by atoms with van der Waals surface area (Å²) in [4.78, 5) is 15.6. The largest absolute Gasteiger partial charge is 0.481 e. The Labute approximate surface area is 133 Å². The molecule has 0 spiro atoms. The molecule has 0 aromatic heterocycles. The number of hydrogen-bond acceptors (Lipinski definition) is 3. The average molecular weight is 304 g/mol. The van der Waals surface area contributed by atoms with Crippen LogP contribution in [0.4, 0.5) is 0 Å². The standard InChI is InChI=1S/C18H28N2O2/c1-3-19(12-7-10-18(21)22)17-11-13-20(14-17)15(2)16-8-5-4-6-9-16/h4-6,8-9,15,17H,3,7,10-14H2,1-2H3,(H,21,22)/t15-,17+/m0/s1.